The molecular formula is C24H26ClN3O2S. The summed E-state index contributed by atoms with van der Waals surface area (Å²) in [6, 6.07) is 3.74. The normalized spacial score (nSPS) is 22.8. The van der Waals surface area contributed by atoms with Crippen molar-refractivity contribution in [2.45, 2.75) is 38.0 Å². The van der Waals surface area contributed by atoms with Crippen LogP contribution >= 0.6 is 23.4 Å². The van der Waals surface area contributed by atoms with Gasteiger partial charge in [-0.15, -0.1) is 11.8 Å². The number of carbonyl (C=O) groups is 1. The molecule has 2 unspecified atom stereocenters. The van der Waals surface area contributed by atoms with Crippen molar-refractivity contribution in [1.29, 1.82) is 0 Å². The largest absolute Gasteiger partial charge is 0.448 e. The highest BCUT2D eigenvalue weighted by Crippen LogP contribution is 2.53. The fourth-order valence-corrected chi connectivity index (χ4v) is 6.38. The molecule has 0 radical (unpaired) electrons. The van der Waals surface area contributed by atoms with E-state index in [4.69, 9.17) is 16.0 Å². The molecule has 162 valence electrons. The van der Waals surface area contributed by atoms with Crippen LogP contribution in [0.3, 0.4) is 0 Å². The molecule has 0 spiro atoms. The first-order valence-corrected chi connectivity index (χ1v) is 12.2. The van der Waals surface area contributed by atoms with Crippen LogP contribution in [-0.4, -0.2) is 34.3 Å². The van der Waals surface area contributed by atoms with Crippen LogP contribution < -0.4 is 4.90 Å². The van der Waals surface area contributed by atoms with Crippen LogP contribution in [0.15, 0.2) is 47.4 Å². The number of hydrogen-bond acceptors (Lipinski definition) is 3. The number of furan rings is 1. The number of nitrogens with zero attached hydrogens (tertiary/aromatic N) is 3. The van der Waals surface area contributed by atoms with Crippen molar-refractivity contribution in [3.05, 3.63) is 70.9 Å². The number of anilines is 1. The van der Waals surface area contributed by atoms with E-state index in [1.165, 1.54) is 5.69 Å². The first kappa shape index (κ1) is 20.6. The zero-order chi connectivity index (χ0) is 21.7. The summed E-state index contributed by atoms with van der Waals surface area (Å²) in [5.74, 6) is 2.04. The van der Waals surface area contributed by atoms with Crippen molar-refractivity contribution in [1.82, 2.24) is 9.47 Å². The van der Waals surface area contributed by atoms with Gasteiger partial charge < -0.3 is 8.98 Å². The number of aromatic nitrogens is 1. The van der Waals surface area contributed by atoms with Crippen molar-refractivity contribution < 1.29 is 9.21 Å². The van der Waals surface area contributed by atoms with E-state index in [9.17, 15) is 4.79 Å². The van der Waals surface area contributed by atoms with E-state index in [1.807, 2.05) is 36.6 Å². The summed E-state index contributed by atoms with van der Waals surface area (Å²) in [5, 5.41) is 0.369. The molecule has 2 atom stereocenters. The van der Waals surface area contributed by atoms with Gasteiger partial charge in [0.15, 0.2) is 5.22 Å². The van der Waals surface area contributed by atoms with Gasteiger partial charge in [0.1, 0.15) is 11.0 Å². The van der Waals surface area contributed by atoms with E-state index < -0.39 is 0 Å². The lowest BCUT2D eigenvalue weighted by Crippen LogP contribution is -2.46. The second-order valence-corrected chi connectivity index (χ2v) is 9.50. The minimum absolute atomic E-state index is 0.00617. The molecular weight excluding hydrogens is 430 g/mol. The molecule has 0 saturated heterocycles. The van der Waals surface area contributed by atoms with E-state index in [1.54, 1.807) is 11.0 Å². The summed E-state index contributed by atoms with van der Waals surface area (Å²) in [5.41, 5.74) is 5.27. The van der Waals surface area contributed by atoms with Gasteiger partial charge in [-0.2, -0.15) is 0 Å². The SMILES string of the molecule is C=C1c2c(c3n(c2C2C=CC=CC2)CCSC3c2ccc(Cl)o2)N(CC)C(=O)N1CC. The lowest BCUT2D eigenvalue weighted by atomic mass is 9.92. The van der Waals surface area contributed by atoms with Gasteiger partial charge in [0.25, 0.3) is 0 Å². The number of amides is 2. The summed E-state index contributed by atoms with van der Waals surface area (Å²) in [6.45, 7) is 10.5. The van der Waals surface area contributed by atoms with E-state index >= 15 is 0 Å². The zero-order valence-corrected chi connectivity index (χ0v) is 19.4. The van der Waals surface area contributed by atoms with Gasteiger partial charge in [-0.05, 0) is 44.0 Å². The molecule has 3 aliphatic rings. The van der Waals surface area contributed by atoms with Gasteiger partial charge in [0.05, 0.1) is 11.4 Å². The zero-order valence-electron chi connectivity index (χ0n) is 17.8. The molecule has 0 aromatic carbocycles. The maximum absolute atomic E-state index is 13.4. The lowest BCUT2D eigenvalue weighted by molar-refractivity contribution is 0.225. The van der Waals surface area contributed by atoms with E-state index in [2.05, 4.69) is 35.5 Å². The molecule has 0 fully saturated rings. The van der Waals surface area contributed by atoms with E-state index in [-0.39, 0.29) is 17.2 Å². The highest BCUT2D eigenvalue weighted by atomic mass is 35.5. The minimum Gasteiger partial charge on any atom is -0.448 e. The summed E-state index contributed by atoms with van der Waals surface area (Å²) in [4.78, 5) is 17.1. The Bertz CT molecular complexity index is 1110. The van der Waals surface area contributed by atoms with Gasteiger partial charge in [0, 0.05) is 48.3 Å². The van der Waals surface area contributed by atoms with E-state index in [0.29, 0.717) is 18.3 Å². The van der Waals surface area contributed by atoms with Crippen LogP contribution in [-0.2, 0) is 6.54 Å². The Labute approximate surface area is 192 Å². The van der Waals surface area contributed by atoms with Crippen molar-refractivity contribution in [2.75, 3.05) is 23.7 Å². The number of fused-ring (bicyclic) bond motifs is 3. The maximum Gasteiger partial charge on any atom is 0.329 e. The summed E-state index contributed by atoms with van der Waals surface area (Å²) in [7, 11) is 0. The summed E-state index contributed by atoms with van der Waals surface area (Å²) in [6.07, 6.45) is 9.63. The number of urea groups is 1. The molecule has 4 heterocycles. The van der Waals surface area contributed by atoms with Gasteiger partial charge >= 0.3 is 6.03 Å². The molecule has 7 heteroatoms. The van der Waals surface area contributed by atoms with Gasteiger partial charge in [0.2, 0.25) is 0 Å². The third-order valence-electron chi connectivity index (χ3n) is 6.33. The molecule has 0 N–H and O–H groups in total. The van der Waals surface area contributed by atoms with Crippen LogP contribution in [0.1, 0.15) is 54.1 Å². The van der Waals surface area contributed by atoms with Crippen molar-refractivity contribution >= 4 is 40.8 Å². The van der Waals surface area contributed by atoms with Crippen molar-refractivity contribution in [2.24, 2.45) is 0 Å². The Balaban J connectivity index is 1.80. The minimum atomic E-state index is -0.0188. The molecule has 5 nitrogen and oxygen atoms in total. The fraction of sp³-hybridized carbons (Fsp3) is 0.375. The quantitative estimate of drug-likeness (QED) is 0.533. The Morgan fingerprint density at radius 1 is 1.19 bits per heavy atom. The third-order valence-corrected chi connectivity index (χ3v) is 7.74. The second kappa shape index (κ2) is 7.99. The third kappa shape index (κ3) is 3.11. The fourth-order valence-electron chi connectivity index (χ4n) is 5.01. The molecule has 2 aromatic rings. The monoisotopic (exact) mass is 455 g/mol. The average molecular weight is 456 g/mol. The summed E-state index contributed by atoms with van der Waals surface area (Å²) >= 11 is 7.97. The highest BCUT2D eigenvalue weighted by Gasteiger charge is 2.43. The van der Waals surface area contributed by atoms with Crippen LogP contribution in [0.25, 0.3) is 5.70 Å². The Kier molecular flexibility index (Phi) is 5.30. The molecule has 2 aromatic heterocycles. The maximum atomic E-state index is 13.4. The second-order valence-electron chi connectivity index (χ2n) is 7.91. The summed E-state index contributed by atoms with van der Waals surface area (Å²) < 4.78 is 8.29. The molecule has 5 rings (SSSR count). The van der Waals surface area contributed by atoms with Crippen molar-refractivity contribution in [3.8, 4) is 0 Å². The lowest BCUT2D eigenvalue weighted by Gasteiger charge is -2.37. The number of hydrogen-bond donors (Lipinski definition) is 0. The van der Waals surface area contributed by atoms with Crippen molar-refractivity contribution in [3.63, 3.8) is 0 Å². The molecule has 31 heavy (non-hydrogen) atoms. The molecule has 2 aliphatic heterocycles. The smallest absolute Gasteiger partial charge is 0.329 e. The Hall–Kier alpha value is -2.31. The first-order valence-electron chi connectivity index (χ1n) is 10.8. The van der Waals surface area contributed by atoms with Gasteiger partial charge in [-0.1, -0.05) is 30.9 Å². The first-order chi connectivity index (χ1) is 15.1. The highest BCUT2D eigenvalue weighted by molar-refractivity contribution is 7.99. The Morgan fingerprint density at radius 2 is 2.00 bits per heavy atom. The predicted octanol–water partition coefficient (Wildman–Crippen LogP) is 6.42. The van der Waals surface area contributed by atoms with E-state index in [0.717, 1.165) is 47.1 Å². The molecule has 1 aliphatic carbocycles. The molecule has 0 bridgehead atoms. The van der Waals surface area contributed by atoms with Crippen LogP contribution in [0, 0.1) is 0 Å². The number of thioether (sulfide) groups is 1. The van der Waals surface area contributed by atoms with Crippen LogP contribution in [0.2, 0.25) is 5.22 Å². The molecule has 0 saturated carbocycles. The number of halogens is 1. The van der Waals surface area contributed by atoms with Gasteiger partial charge in [-0.3, -0.25) is 9.80 Å². The van der Waals surface area contributed by atoms with Crippen LogP contribution in [0.5, 0.6) is 0 Å². The standard InChI is InChI=1S/C24H26ClN3O2S/c1-4-26-15(3)19-20(16-9-7-6-8-10-16)28-13-14-31-23(17-11-12-18(25)30-17)22(28)21(19)27(5-2)24(26)29/h6-9,11-12,16,23H,3-5,10,13-14H2,1-2H3. The molecule has 2 amide bonds. The number of carbonyl (C=O) groups excluding carboxylic acids is 1. The van der Waals surface area contributed by atoms with Crippen LogP contribution in [0.4, 0.5) is 10.5 Å². The van der Waals surface area contributed by atoms with Gasteiger partial charge in [-0.25, -0.2) is 4.79 Å². The topological polar surface area (TPSA) is 41.6 Å². The predicted molar refractivity (Wildman–Crippen MR) is 128 cm³/mol. The average Bonchev–Trinajstić information content (AvgIpc) is 3.37. The Morgan fingerprint density at radius 3 is 2.65 bits per heavy atom. The number of allylic oxidation sites excluding steroid dienone is 4. The number of rotatable bonds is 4.